The summed E-state index contributed by atoms with van der Waals surface area (Å²) in [5.41, 5.74) is 0.868. The van der Waals surface area contributed by atoms with Crippen LogP contribution >= 0.6 is 0 Å². The highest BCUT2D eigenvalue weighted by atomic mass is 14.6. The van der Waals surface area contributed by atoms with E-state index in [-0.39, 0.29) is 0 Å². The third-order valence-electron chi connectivity index (χ3n) is 0.835. The van der Waals surface area contributed by atoms with Gasteiger partial charge in [-0.05, 0) is 24.3 Å². The van der Waals surface area contributed by atoms with Crippen molar-refractivity contribution in [2.75, 3.05) is 0 Å². The van der Waals surface area contributed by atoms with Gasteiger partial charge in [-0.2, -0.15) is 0 Å². The molecule has 1 rings (SSSR count). The van der Waals surface area contributed by atoms with Gasteiger partial charge in [-0.1, -0.05) is 6.58 Å². The molecule has 1 heterocycles. The van der Waals surface area contributed by atoms with E-state index < -0.39 is 0 Å². The van der Waals surface area contributed by atoms with Crippen molar-refractivity contribution in [2.24, 2.45) is 0 Å². The fourth-order valence-corrected chi connectivity index (χ4v) is 0.449. The highest BCUT2D eigenvalue weighted by molar-refractivity contribution is 5.39. The summed E-state index contributed by atoms with van der Waals surface area (Å²) in [6.07, 6.45) is 3.38. The van der Waals surface area contributed by atoms with Gasteiger partial charge in [0.25, 0.3) is 0 Å². The number of aromatic nitrogens is 1. The molecule has 0 aliphatic heterocycles. The van der Waals surface area contributed by atoms with Crippen molar-refractivity contribution in [3.63, 3.8) is 0 Å². The second-order valence-corrected chi connectivity index (χ2v) is 1.38. The number of pyridine rings is 1. The lowest BCUT2D eigenvalue weighted by molar-refractivity contribution is 1.29. The molecule has 0 aliphatic carbocycles. The fourth-order valence-electron chi connectivity index (χ4n) is 0.449. The SMILES string of the molecule is C=Cc1c[c]ccn1. The third kappa shape index (κ3) is 0.936. The summed E-state index contributed by atoms with van der Waals surface area (Å²) in [6.45, 7) is 3.55. The zero-order valence-electron chi connectivity index (χ0n) is 4.46. The fraction of sp³-hybridized carbons (Fsp3) is 0. The average Bonchev–Trinajstić information content (AvgIpc) is 1.90. The van der Waals surface area contributed by atoms with Gasteiger partial charge in [0.15, 0.2) is 0 Å². The molecule has 1 nitrogen and oxygen atoms in total. The van der Waals surface area contributed by atoms with Crippen LogP contribution in [0.15, 0.2) is 24.9 Å². The Morgan fingerprint density at radius 2 is 2.62 bits per heavy atom. The van der Waals surface area contributed by atoms with Gasteiger partial charge in [0, 0.05) is 6.20 Å². The normalized spacial score (nSPS) is 8.50. The van der Waals surface area contributed by atoms with Crippen molar-refractivity contribution in [3.8, 4) is 0 Å². The molecule has 0 atom stereocenters. The van der Waals surface area contributed by atoms with Crippen molar-refractivity contribution in [1.82, 2.24) is 4.98 Å². The highest BCUT2D eigenvalue weighted by Crippen LogP contribution is 1.91. The average molecular weight is 104 g/mol. The van der Waals surface area contributed by atoms with E-state index in [9.17, 15) is 0 Å². The van der Waals surface area contributed by atoms with E-state index in [4.69, 9.17) is 0 Å². The van der Waals surface area contributed by atoms with Crippen LogP contribution in [0.1, 0.15) is 5.69 Å². The topological polar surface area (TPSA) is 12.9 Å². The standard InChI is InChI=1S/C7H6N/c1-2-7-5-3-4-6-8-7/h2,4-6H,1H2. The summed E-state index contributed by atoms with van der Waals surface area (Å²) >= 11 is 0. The van der Waals surface area contributed by atoms with Crippen molar-refractivity contribution in [1.29, 1.82) is 0 Å². The zero-order chi connectivity index (χ0) is 5.82. The van der Waals surface area contributed by atoms with E-state index in [1.165, 1.54) is 0 Å². The molecule has 0 unspecified atom stereocenters. The first-order chi connectivity index (χ1) is 3.93. The molecule has 39 valence electrons. The lowest BCUT2D eigenvalue weighted by Gasteiger charge is -1.84. The number of hydrogen-bond donors (Lipinski definition) is 0. The van der Waals surface area contributed by atoms with Crippen LogP contribution in [0.25, 0.3) is 6.08 Å². The largest absolute Gasteiger partial charge is 0.257 e. The zero-order valence-corrected chi connectivity index (χ0v) is 4.46. The second-order valence-electron chi connectivity index (χ2n) is 1.38. The molecule has 0 amide bonds. The lowest BCUT2D eigenvalue weighted by atomic mass is 10.4. The van der Waals surface area contributed by atoms with Gasteiger partial charge in [0.05, 0.1) is 5.69 Å². The van der Waals surface area contributed by atoms with Crippen LogP contribution < -0.4 is 0 Å². The first-order valence-electron chi connectivity index (χ1n) is 2.38. The molecule has 0 spiro atoms. The monoisotopic (exact) mass is 104 g/mol. The van der Waals surface area contributed by atoms with Crippen LogP contribution in [0.5, 0.6) is 0 Å². The van der Waals surface area contributed by atoms with Crippen LogP contribution in [0.2, 0.25) is 0 Å². The molecule has 0 saturated carbocycles. The molecular formula is C7H6N. The van der Waals surface area contributed by atoms with Crippen LogP contribution in [-0.2, 0) is 0 Å². The Morgan fingerprint density at radius 1 is 1.75 bits per heavy atom. The third-order valence-corrected chi connectivity index (χ3v) is 0.835. The first kappa shape index (κ1) is 5.04. The van der Waals surface area contributed by atoms with Gasteiger partial charge >= 0.3 is 0 Å². The molecule has 1 radical (unpaired) electrons. The molecule has 1 heteroatoms. The Kier molecular flexibility index (Phi) is 1.42. The maximum atomic E-state index is 3.95. The van der Waals surface area contributed by atoms with Crippen molar-refractivity contribution in [2.45, 2.75) is 0 Å². The van der Waals surface area contributed by atoms with E-state index in [0.29, 0.717) is 0 Å². The van der Waals surface area contributed by atoms with Gasteiger partial charge in [-0.25, -0.2) is 0 Å². The van der Waals surface area contributed by atoms with Crippen LogP contribution in [0.4, 0.5) is 0 Å². The Bertz CT molecular complexity index is 167. The number of nitrogens with zero attached hydrogens (tertiary/aromatic N) is 1. The quantitative estimate of drug-likeness (QED) is 0.526. The molecule has 0 aromatic carbocycles. The van der Waals surface area contributed by atoms with Crippen LogP contribution in [0.3, 0.4) is 0 Å². The minimum atomic E-state index is 0.868. The summed E-state index contributed by atoms with van der Waals surface area (Å²) in [5, 5.41) is 0. The van der Waals surface area contributed by atoms with Gasteiger partial charge in [0.1, 0.15) is 0 Å². The number of hydrogen-bond acceptors (Lipinski definition) is 1. The summed E-state index contributed by atoms with van der Waals surface area (Å²) in [7, 11) is 0. The molecule has 0 saturated heterocycles. The molecule has 0 bridgehead atoms. The maximum Gasteiger partial charge on any atom is 0.0629 e. The molecule has 8 heavy (non-hydrogen) atoms. The minimum Gasteiger partial charge on any atom is -0.257 e. The van der Waals surface area contributed by atoms with Gasteiger partial charge in [-0.3, -0.25) is 4.98 Å². The molecule has 0 fully saturated rings. The predicted molar refractivity (Wildman–Crippen MR) is 33.2 cm³/mol. The maximum absolute atomic E-state index is 3.95. The van der Waals surface area contributed by atoms with Gasteiger partial charge < -0.3 is 0 Å². The second kappa shape index (κ2) is 2.26. The van der Waals surface area contributed by atoms with Crippen LogP contribution in [0, 0.1) is 6.07 Å². The number of rotatable bonds is 1. The summed E-state index contributed by atoms with van der Waals surface area (Å²) in [5.74, 6) is 0. The minimum absolute atomic E-state index is 0.868. The summed E-state index contributed by atoms with van der Waals surface area (Å²) in [6, 6.07) is 6.42. The molecule has 1 aromatic heterocycles. The lowest BCUT2D eigenvalue weighted by Crippen LogP contribution is -1.73. The van der Waals surface area contributed by atoms with Gasteiger partial charge in [-0.15, -0.1) is 0 Å². The first-order valence-corrected chi connectivity index (χ1v) is 2.38. The van der Waals surface area contributed by atoms with Crippen molar-refractivity contribution in [3.05, 3.63) is 36.7 Å². The van der Waals surface area contributed by atoms with E-state index in [1.54, 1.807) is 24.4 Å². The van der Waals surface area contributed by atoms with E-state index >= 15 is 0 Å². The molecule has 0 N–H and O–H groups in total. The Labute approximate surface area is 48.7 Å². The Morgan fingerprint density at radius 3 is 3.00 bits per heavy atom. The summed E-state index contributed by atoms with van der Waals surface area (Å²) < 4.78 is 0. The predicted octanol–water partition coefficient (Wildman–Crippen LogP) is 1.52. The van der Waals surface area contributed by atoms with Crippen molar-refractivity contribution < 1.29 is 0 Å². The molecule has 0 aliphatic rings. The van der Waals surface area contributed by atoms with E-state index in [0.717, 1.165) is 5.69 Å². The van der Waals surface area contributed by atoms with Crippen LogP contribution in [-0.4, -0.2) is 4.98 Å². The molecular weight excluding hydrogens is 98.1 g/mol. The van der Waals surface area contributed by atoms with Gasteiger partial charge in [0.2, 0.25) is 0 Å². The highest BCUT2D eigenvalue weighted by Gasteiger charge is 1.77. The molecule has 1 aromatic rings. The van der Waals surface area contributed by atoms with Crippen molar-refractivity contribution >= 4 is 6.08 Å². The van der Waals surface area contributed by atoms with E-state index in [2.05, 4.69) is 17.6 Å². The Hall–Kier alpha value is -1.11. The Balaban J connectivity index is 2.99. The smallest absolute Gasteiger partial charge is 0.0629 e. The van der Waals surface area contributed by atoms with E-state index in [1.807, 2.05) is 0 Å². The summed E-state index contributed by atoms with van der Waals surface area (Å²) in [4.78, 5) is 3.95.